The van der Waals surface area contributed by atoms with Gasteiger partial charge in [0.25, 0.3) is 6.43 Å². The lowest BCUT2D eigenvalue weighted by atomic mass is 9.85. The Bertz CT molecular complexity index is 2180. The summed E-state index contributed by atoms with van der Waals surface area (Å²) in [4.78, 5) is 61.4. The number of carbonyl (C=O) groups excluding carboxylic acids is 4. The highest BCUT2D eigenvalue weighted by molar-refractivity contribution is 7.91. The molecule has 5 atom stereocenters. The molecule has 60 heavy (non-hydrogen) atoms. The molecule has 1 aromatic carbocycles. The molecule has 1 saturated heterocycles. The maximum absolute atomic E-state index is 14.7. The van der Waals surface area contributed by atoms with E-state index in [4.69, 9.17) is 18.9 Å². The van der Waals surface area contributed by atoms with Gasteiger partial charge in [0, 0.05) is 36.8 Å². The highest BCUT2D eigenvalue weighted by Gasteiger charge is 2.64. The van der Waals surface area contributed by atoms with E-state index in [0.29, 0.717) is 36.8 Å². The lowest BCUT2D eigenvalue weighted by Crippen LogP contribution is -2.48. The number of benzene rings is 1. The van der Waals surface area contributed by atoms with Crippen molar-refractivity contribution in [3.8, 4) is 11.5 Å². The number of sulfonamides is 1. The van der Waals surface area contributed by atoms with Gasteiger partial charge in [0.05, 0.1) is 43.7 Å². The maximum Gasteiger partial charge on any atom is 0.437 e. The molecule has 2 aliphatic carbocycles. The summed E-state index contributed by atoms with van der Waals surface area (Å²) in [7, 11) is -1.48. The Balaban J connectivity index is 1.26. The summed E-state index contributed by atoms with van der Waals surface area (Å²) in [5, 5.41) is 0.365. The van der Waals surface area contributed by atoms with Crippen molar-refractivity contribution in [3.05, 3.63) is 41.6 Å². The van der Waals surface area contributed by atoms with Crippen LogP contribution in [0.1, 0.15) is 88.3 Å². The average Bonchev–Trinajstić information content (AvgIpc) is 4.10. The molecule has 13 nitrogen and oxygen atoms in total. The number of pyridine rings is 1. The van der Waals surface area contributed by atoms with Crippen LogP contribution in [0.15, 0.2) is 30.4 Å². The topological polar surface area (TPSA) is 167 Å². The van der Waals surface area contributed by atoms with Crippen molar-refractivity contribution in [2.45, 2.75) is 112 Å². The molecule has 0 unspecified atom stereocenters. The highest BCUT2D eigenvalue weighted by atomic mass is 32.2. The lowest BCUT2D eigenvalue weighted by Gasteiger charge is -2.37. The second-order valence-corrected chi connectivity index (χ2v) is 18.9. The van der Waals surface area contributed by atoms with Crippen LogP contribution in [0.25, 0.3) is 10.9 Å². The smallest absolute Gasteiger partial charge is 0.437 e. The molecule has 328 valence electrons. The normalized spacial score (nSPS) is 28.5. The first kappa shape index (κ1) is 43.7. The van der Waals surface area contributed by atoms with E-state index in [2.05, 4.69) is 9.71 Å². The van der Waals surface area contributed by atoms with E-state index < -0.39 is 111 Å². The Morgan fingerprint density at radius 2 is 1.85 bits per heavy atom. The SMILES string of the molecule is COCC1(S(=O)(=O)NC(=O)[C@]23CC(=O)[C@@H]4C[C@]5(CCc6c(c(C(F)(F)F)nc7ccc(OC)cc67)O5)CN4C(=O)[C@@H](CC(=O)OCC(F)F)CCCCC/C=C\[C@@H]2C3)CC1. The molecular weight excluding hydrogens is 822 g/mol. The maximum atomic E-state index is 14.7. The van der Waals surface area contributed by atoms with Crippen LogP contribution in [0.3, 0.4) is 0 Å². The van der Waals surface area contributed by atoms with Gasteiger partial charge in [0.1, 0.15) is 16.1 Å². The van der Waals surface area contributed by atoms with E-state index in [1.807, 2.05) is 6.08 Å². The van der Waals surface area contributed by atoms with Crippen molar-refractivity contribution in [2.75, 3.05) is 34.0 Å². The van der Waals surface area contributed by atoms with Gasteiger partial charge in [-0.25, -0.2) is 22.2 Å². The van der Waals surface area contributed by atoms with Gasteiger partial charge in [-0.05, 0) is 75.5 Å². The minimum atomic E-state index is -4.97. The number of rotatable bonds is 10. The number of fused-ring (bicyclic) bond motifs is 5. The van der Waals surface area contributed by atoms with Crippen LogP contribution in [0.4, 0.5) is 22.0 Å². The van der Waals surface area contributed by atoms with Crippen LogP contribution < -0.4 is 14.2 Å². The molecule has 2 saturated carbocycles. The van der Waals surface area contributed by atoms with E-state index in [9.17, 15) is 49.5 Å². The summed E-state index contributed by atoms with van der Waals surface area (Å²) in [5.74, 6) is -5.16. The molecule has 5 aliphatic rings. The number of hydrogen-bond donors (Lipinski definition) is 1. The largest absolute Gasteiger partial charge is 0.497 e. The second kappa shape index (κ2) is 16.5. The van der Waals surface area contributed by atoms with Gasteiger partial charge in [-0.1, -0.05) is 25.0 Å². The first-order chi connectivity index (χ1) is 28.4. The number of ketones is 1. The predicted octanol–water partition coefficient (Wildman–Crippen LogP) is 5.85. The van der Waals surface area contributed by atoms with Gasteiger partial charge < -0.3 is 23.8 Å². The molecule has 3 fully saturated rings. The highest BCUT2D eigenvalue weighted by Crippen LogP contribution is 2.58. The number of carbonyl (C=O) groups is 4. The van der Waals surface area contributed by atoms with Gasteiger partial charge in [-0.15, -0.1) is 0 Å². The number of aromatic nitrogens is 1. The van der Waals surface area contributed by atoms with Crippen molar-refractivity contribution in [1.82, 2.24) is 14.6 Å². The molecule has 0 bridgehead atoms. The number of amides is 2. The van der Waals surface area contributed by atoms with Crippen molar-refractivity contribution in [2.24, 2.45) is 17.3 Å². The van der Waals surface area contributed by atoms with Crippen molar-refractivity contribution >= 4 is 44.5 Å². The van der Waals surface area contributed by atoms with Crippen molar-refractivity contribution < 1.29 is 68.5 Å². The van der Waals surface area contributed by atoms with Crippen LogP contribution in [-0.2, 0) is 51.3 Å². The van der Waals surface area contributed by atoms with Crippen molar-refractivity contribution in [3.63, 3.8) is 0 Å². The zero-order valence-electron chi connectivity index (χ0n) is 33.3. The fourth-order valence-electron chi connectivity index (χ4n) is 9.15. The monoisotopic (exact) mass is 869 g/mol. The number of alkyl halides is 5. The number of allylic oxidation sites excluding steroid dienone is 2. The van der Waals surface area contributed by atoms with Crippen LogP contribution >= 0.6 is 0 Å². The zero-order chi connectivity index (χ0) is 43.3. The van der Waals surface area contributed by atoms with E-state index in [-0.39, 0.29) is 69.2 Å². The second-order valence-electron chi connectivity index (χ2n) is 16.8. The summed E-state index contributed by atoms with van der Waals surface area (Å²) < 4.78 is 120. The number of ether oxygens (including phenoxy) is 4. The molecule has 19 heteroatoms. The summed E-state index contributed by atoms with van der Waals surface area (Å²) in [5.41, 5.74) is -4.10. The van der Waals surface area contributed by atoms with Gasteiger partial charge in [-0.3, -0.25) is 23.9 Å². The van der Waals surface area contributed by atoms with E-state index >= 15 is 0 Å². The number of nitrogens with zero attached hydrogens (tertiary/aromatic N) is 2. The van der Waals surface area contributed by atoms with Gasteiger partial charge in [-0.2, -0.15) is 13.2 Å². The lowest BCUT2D eigenvalue weighted by molar-refractivity contribution is -0.153. The quantitative estimate of drug-likeness (QED) is 0.173. The fourth-order valence-corrected chi connectivity index (χ4v) is 10.7. The van der Waals surface area contributed by atoms with Crippen LogP contribution in [0.2, 0.25) is 0 Å². The predicted molar refractivity (Wildman–Crippen MR) is 203 cm³/mol. The van der Waals surface area contributed by atoms with Gasteiger partial charge in [0.2, 0.25) is 21.8 Å². The van der Waals surface area contributed by atoms with Gasteiger partial charge in [0.15, 0.2) is 23.8 Å². The van der Waals surface area contributed by atoms with Crippen molar-refractivity contribution in [1.29, 1.82) is 0 Å². The third kappa shape index (κ3) is 8.57. The molecule has 1 spiro atoms. The van der Waals surface area contributed by atoms with E-state index in [1.165, 1.54) is 31.3 Å². The Kier molecular flexibility index (Phi) is 12.0. The van der Waals surface area contributed by atoms with E-state index in [0.717, 1.165) is 0 Å². The average molecular weight is 870 g/mol. The summed E-state index contributed by atoms with van der Waals surface area (Å²) in [6, 6.07) is 3.07. The molecule has 2 amide bonds. The Labute approximate surface area is 343 Å². The van der Waals surface area contributed by atoms with Crippen LogP contribution in [0.5, 0.6) is 11.5 Å². The Morgan fingerprint density at radius 3 is 2.53 bits per heavy atom. The summed E-state index contributed by atoms with van der Waals surface area (Å²) in [6.07, 6.45) is -2.57. The number of esters is 1. The molecule has 7 rings (SSSR count). The first-order valence-electron chi connectivity index (χ1n) is 20.1. The molecule has 3 aliphatic heterocycles. The number of nitrogens with one attached hydrogen (secondary N) is 1. The van der Waals surface area contributed by atoms with Crippen LogP contribution in [-0.4, -0.2) is 98.7 Å². The third-order valence-electron chi connectivity index (χ3n) is 12.7. The Hall–Kier alpha value is -4.39. The van der Waals surface area contributed by atoms with E-state index in [1.54, 1.807) is 12.1 Å². The third-order valence-corrected chi connectivity index (χ3v) is 14.9. The molecule has 0 radical (unpaired) electrons. The zero-order valence-corrected chi connectivity index (χ0v) is 34.1. The summed E-state index contributed by atoms with van der Waals surface area (Å²) >= 11 is 0. The first-order valence-corrected chi connectivity index (χ1v) is 21.6. The fraction of sp³-hybridized carbons (Fsp3) is 0.634. The summed E-state index contributed by atoms with van der Waals surface area (Å²) in [6.45, 7) is -1.70. The molecule has 4 heterocycles. The molecule has 2 aromatic rings. The number of methoxy groups -OCH3 is 2. The molecule has 1 N–H and O–H groups in total. The standard InChI is InChI=1S/C41H48F5N3O10S/c1-56-23-39(14-15-39)60(54,55)48-37(53)40-18-25(40)9-7-5-3-4-6-8-24(16-33(51)58-21-32(42)43)36(52)49-22-38(19-30(49)31(50)20-40)13-12-27-28-17-26(57-2)10-11-29(28)47-35(34(27)59-38)41(44,45)46/h7,9-11,17,24-25,30,32H,3-6,8,12-16,18-23H2,1-2H3,(H,48,53)/b9-7-/t24-,25-,30+,38-,40-/m1/s1. The minimum Gasteiger partial charge on any atom is -0.497 e. The number of hydrogen-bond acceptors (Lipinski definition) is 11. The minimum absolute atomic E-state index is 0.0250. The number of halogens is 5. The number of aryl methyl sites for hydroxylation is 1. The van der Waals surface area contributed by atoms with Gasteiger partial charge >= 0.3 is 12.1 Å². The molecular formula is C41H48F5N3O10S. The molecule has 1 aromatic heterocycles. The van der Waals surface area contributed by atoms with Crippen LogP contribution in [0, 0.1) is 17.3 Å². The Morgan fingerprint density at radius 1 is 1.08 bits per heavy atom. The number of Topliss-reactive ketones (excluding diaryl/α,β-unsaturated/α-hetero) is 1.